The first-order valence-electron chi connectivity index (χ1n) is 12.4. The lowest BCUT2D eigenvalue weighted by molar-refractivity contribution is -0.145. The highest BCUT2D eigenvalue weighted by atomic mass is 35.5. The molecule has 0 unspecified atom stereocenters. The summed E-state index contributed by atoms with van der Waals surface area (Å²) < 4.78 is 12.3. The smallest absolute Gasteiger partial charge is 0.268 e. The number of aliphatic hydroxyl groups is 1. The minimum Gasteiger partial charge on any atom is -0.497 e. The summed E-state index contributed by atoms with van der Waals surface area (Å²) in [5, 5.41) is 11.8. The molecule has 0 bridgehead atoms. The van der Waals surface area contributed by atoms with E-state index in [2.05, 4.69) is 32.2 Å². The molecule has 5 nitrogen and oxygen atoms in total. The number of para-hydroxylation sites is 1. The first kappa shape index (κ1) is 25.0. The molecule has 188 valence electrons. The maximum absolute atomic E-state index is 14.4. The van der Waals surface area contributed by atoms with Crippen molar-refractivity contribution in [3.63, 3.8) is 0 Å². The van der Waals surface area contributed by atoms with Gasteiger partial charge in [0.25, 0.3) is 5.91 Å². The van der Waals surface area contributed by atoms with E-state index in [1.807, 2.05) is 60.7 Å². The second-order valence-electron chi connectivity index (χ2n) is 10.3. The second kappa shape index (κ2) is 9.34. The van der Waals surface area contributed by atoms with Gasteiger partial charge in [0.05, 0.1) is 27.0 Å². The van der Waals surface area contributed by atoms with Crippen LogP contribution in [0.1, 0.15) is 18.9 Å². The maximum atomic E-state index is 14.4. The summed E-state index contributed by atoms with van der Waals surface area (Å²) >= 11 is 6.49. The Kier molecular flexibility index (Phi) is 6.49. The molecule has 0 radical (unpaired) electrons. The molecule has 4 atom stereocenters. The Hall–Kier alpha value is -2.64. The van der Waals surface area contributed by atoms with Gasteiger partial charge in [-0.2, -0.15) is 0 Å². The Balaban J connectivity index is 1.65. The molecular formula is C29H32ClNO4Si. The number of hydrogen-bond donors (Lipinski definition) is 1. The maximum Gasteiger partial charge on any atom is 0.268 e. The van der Waals surface area contributed by atoms with Crippen LogP contribution in [0.25, 0.3) is 0 Å². The second-order valence-corrected chi connectivity index (χ2v) is 15.4. The van der Waals surface area contributed by atoms with Gasteiger partial charge in [-0.1, -0.05) is 67.1 Å². The minimum atomic E-state index is -2.20. The Labute approximate surface area is 218 Å². The lowest BCUT2D eigenvalue weighted by Gasteiger charge is -2.37. The van der Waals surface area contributed by atoms with E-state index in [0.717, 1.165) is 22.7 Å². The largest absolute Gasteiger partial charge is 0.497 e. The number of halogens is 1. The minimum absolute atomic E-state index is 0.00392. The Morgan fingerprint density at radius 3 is 2.42 bits per heavy atom. The molecule has 1 saturated heterocycles. The Morgan fingerprint density at radius 2 is 1.78 bits per heavy atom. The molecule has 2 aliphatic heterocycles. The van der Waals surface area contributed by atoms with Crippen LogP contribution in [0.5, 0.6) is 5.75 Å². The lowest BCUT2D eigenvalue weighted by Crippen LogP contribution is -2.51. The predicted octanol–water partition coefficient (Wildman–Crippen LogP) is 5.63. The van der Waals surface area contributed by atoms with E-state index in [0.29, 0.717) is 11.4 Å². The number of ether oxygens (including phenoxy) is 2. The Morgan fingerprint density at radius 1 is 1.08 bits per heavy atom. The van der Waals surface area contributed by atoms with E-state index in [9.17, 15) is 9.90 Å². The zero-order valence-corrected chi connectivity index (χ0v) is 22.8. The van der Waals surface area contributed by atoms with Crippen molar-refractivity contribution in [1.29, 1.82) is 0 Å². The predicted molar refractivity (Wildman–Crippen MR) is 146 cm³/mol. The molecule has 3 aromatic carbocycles. The van der Waals surface area contributed by atoms with Crippen LogP contribution in [0, 0.1) is 5.92 Å². The number of anilines is 2. The summed E-state index contributed by atoms with van der Waals surface area (Å²) in [6.45, 7) is 6.79. The standard InChI is InChI=1S/C29H32ClNO4Si/c1-19-27(36(3,4)23-13-11-22(34-2)12-14-23)26(16-17-32)35-29(19)24-18-20(30)10-15-25(24)31(28(29)33)21-8-6-5-7-9-21/h5-15,18-19,26-27,32H,16-17H2,1-4H3/t19-,26+,27-,29+/m0/s1. The van der Waals surface area contributed by atoms with Crippen LogP contribution in [0.4, 0.5) is 11.4 Å². The summed E-state index contributed by atoms with van der Waals surface area (Å²) in [5.41, 5.74) is 1.32. The fourth-order valence-electron chi connectivity index (χ4n) is 6.44. The van der Waals surface area contributed by atoms with Gasteiger partial charge >= 0.3 is 0 Å². The zero-order valence-electron chi connectivity index (χ0n) is 21.1. The molecule has 7 heteroatoms. The van der Waals surface area contributed by atoms with E-state index in [-0.39, 0.29) is 30.1 Å². The molecule has 2 heterocycles. The summed E-state index contributed by atoms with van der Waals surface area (Å²) in [4.78, 5) is 16.2. The van der Waals surface area contributed by atoms with Crippen molar-refractivity contribution < 1.29 is 19.4 Å². The van der Waals surface area contributed by atoms with Crippen molar-refractivity contribution in [3.05, 3.63) is 83.4 Å². The summed E-state index contributed by atoms with van der Waals surface area (Å²) in [5.74, 6) is 0.593. The van der Waals surface area contributed by atoms with E-state index in [1.54, 1.807) is 12.0 Å². The van der Waals surface area contributed by atoms with Crippen LogP contribution in [0.3, 0.4) is 0 Å². The topological polar surface area (TPSA) is 59.0 Å². The van der Waals surface area contributed by atoms with Gasteiger partial charge in [-0.25, -0.2) is 0 Å². The van der Waals surface area contributed by atoms with E-state index >= 15 is 0 Å². The van der Waals surface area contributed by atoms with Gasteiger partial charge in [0.2, 0.25) is 0 Å². The molecule has 0 aromatic heterocycles. The number of rotatable bonds is 6. The molecule has 36 heavy (non-hydrogen) atoms. The molecule has 1 spiro atoms. The highest BCUT2D eigenvalue weighted by Gasteiger charge is 2.66. The number of benzene rings is 3. The number of aliphatic hydroxyl groups excluding tert-OH is 1. The van der Waals surface area contributed by atoms with Crippen LogP contribution < -0.4 is 14.8 Å². The third kappa shape index (κ3) is 3.70. The van der Waals surface area contributed by atoms with Crippen LogP contribution in [0.2, 0.25) is 23.7 Å². The first-order chi connectivity index (χ1) is 17.3. The SMILES string of the molecule is COc1ccc([Si](C)(C)[C@@H]2[C@@H](CCO)O[C@]3(C(=O)N(c4ccccc4)c4ccc(Cl)cc43)[C@H]2C)cc1. The fraction of sp³-hybridized carbons (Fsp3) is 0.345. The zero-order chi connectivity index (χ0) is 25.7. The third-order valence-electron chi connectivity index (χ3n) is 8.13. The molecule has 3 aromatic rings. The number of methoxy groups -OCH3 is 1. The molecule has 1 N–H and O–H groups in total. The molecule has 5 rings (SSSR count). The number of carbonyl (C=O) groups excluding carboxylic acids is 1. The fourth-order valence-corrected chi connectivity index (χ4v) is 10.7. The van der Waals surface area contributed by atoms with Crippen LogP contribution in [0.15, 0.2) is 72.8 Å². The number of nitrogens with zero attached hydrogens (tertiary/aromatic N) is 1. The van der Waals surface area contributed by atoms with Crippen molar-refractivity contribution in [2.45, 2.75) is 43.7 Å². The number of amides is 1. The van der Waals surface area contributed by atoms with Crippen molar-refractivity contribution in [1.82, 2.24) is 0 Å². The summed E-state index contributed by atoms with van der Waals surface area (Å²) in [6.07, 6.45) is 0.206. The van der Waals surface area contributed by atoms with Crippen molar-refractivity contribution in [2.24, 2.45) is 5.92 Å². The van der Waals surface area contributed by atoms with Crippen LogP contribution in [-0.4, -0.2) is 38.9 Å². The van der Waals surface area contributed by atoms with Crippen molar-refractivity contribution in [3.8, 4) is 5.75 Å². The van der Waals surface area contributed by atoms with E-state index < -0.39 is 13.7 Å². The average Bonchev–Trinajstić information content (AvgIpc) is 3.31. The summed E-state index contributed by atoms with van der Waals surface area (Å²) in [7, 11) is -0.535. The molecule has 2 aliphatic rings. The molecule has 0 saturated carbocycles. The molecule has 1 fully saturated rings. The number of hydrogen-bond acceptors (Lipinski definition) is 4. The normalized spacial score (nSPS) is 25.4. The Bertz CT molecular complexity index is 1270. The summed E-state index contributed by atoms with van der Waals surface area (Å²) in [6, 6.07) is 23.5. The first-order valence-corrected chi connectivity index (χ1v) is 15.8. The highest BCUT2D eigenvalue weighted by Crippen LogP contribution is 2.61. The van der Waals surface area contributed by atoms with Crippen LogP contribution in [-0.2, 0) is 15.1 Å². The van der Waals surface area contributed by atoms with Gasteiger partial charge in [-0.05, 0) is 54.4 Å². The van der Waals surface area contributed by atoms with Crippen LogP contribution >= 0.6 is 11.6 Å². The highest BCUT2D eigenvalue weighted by molar-refractivity contribution is 6.91. The van der Waals surface area contributed by atoms with Crippen molar-refractivity contribution >= 4 is 42.1 Å². The quantitative estimate of drug-likeness (QED) is 0.427. The van der Waals surface area contributed by atoms with Crippen molar-refractivity contribution in [2.75, 3.05) is 18.6 Å². The number of fused-ring (bicyclic) bond motifs is 2. The molecule has 1 amide bonds. The molecular weight excluding hydrogens is 490 g/mol. The average molecular weight is 522 g/mol. The van der Waals surface area contributed by atoms with Gasteiger partial charge in [0.15, 0.2) is 5.60 Å². The van der Waals surface area contributed by atoms with Gasteiger partial charge in [-0.3, -0.25) is 9.69 Å². The van der Waals surface area contributed by atoms with Gasteiger partial charge in [-0.15, -0.1) is 0 Å². The number of carbonyl (C=O) groups is 1. The monoisotopic (exact) mass is 521 g/mol. The molecule has 0 aliphatic carbocycles. The van der Waals surface area contributed by atoms with Gasteiger partial charge < -0.3 is 14.6 Å². The lowest BCUT2D eigenvalue weighted by atomic mass is 9.82. The third-order valence-corrected chi connectivity index (χ3v) is 12.7. The van der Waals surface area contributed by atoms with Gasteiger partial charge in [0.1, 0.15) is 5.75 Å². The van der Waals surface area contributed by atoms with Gasteiger partial charge in [0, 0.05) is 28.8 Å². The van der Waals surface area contributed by atoms with E-state index in [1.165, 1.54) is 5.19 Å². The van der Waals surface area contributed by atoms with E-state index in [4.69, 9.17) is 21.1 Å².